The number of hydrogen-bond acceptors (Lipinski definition) is 2. The van der Waals surface area contributed by atoms with E-state index in [1.165, 1.54) is 0 Å². The summed E-state index contributed by atoms with van der Waals surface area (Å²) in [5.74, 6) is -0.268. The zero-order valence-electron chi connectivity index (χ0n) is 8.05. The molecule has 0 aromatic rings. The molecule has 0 saturated carbocycles. The molecular formula is C9H18N2O. The zero-order valence-corrected chi connectivity index (χ0v) is 8.05. The molecule has 0 unspecified atom stereocenters. The fraction of sp³-hybridized carbons (Fsp3) is 0.667. The zero-order chi connectivity index (χ0) is 9.61. The molecule has 0 bridgehead atoms. The van der Waals surface area contributed by atoms with Crippen molar-refractivity contribution in [1.29, 1.82) is 0 Å². The van der Waals surface area contributed by atoms with Crippen LogP contribution in [-0.4, -0.2) is 19.0 Å². The Kier molecular flexibility index (Phi) is 4.59. The fourth-order valence-electron chi connectivity index (χ4n) is 0.673. The Morgan fingerprint density at radius 1 is 1.58 bits per heavy atom. The van der Waals surface area contributed by atoms with Gasteiger partial charge in [0.15, 0.2) is 0 Å². The molecule has 0 atom stereocenters. The van der Waals surface area contributed by atoms with E-state index < -0.39 is 5.41 Å². The van der Waals surface area contributed by atoms with Crippen LogP contribution in [0.3, 0.4) is 0 Å². The van der Waals surface area contributed by atoms with Gasteiger partial charge in [-0.1, -0.05) is 12.2 Å². The maximum atomic E-state index is 10.8. The second-order valence-corrected chi connectivity index (χ2v) is 3.45. The molecule has 3 nitrogen and oxygen atoms in total. The Morgan fingerprint density at radius 3 is 2.58 bits per heavy atom. The van der Waals surface area contributed by atoms with Gasteiger partial charge in [-0.2, -0.15) is 0 Å². The highest BCUT2D eigenvalue weighted by molar-refractivity contribution is 5.80. The fourth-order valence-corrected chi connectivity index (χ4v) is 0.673. The predicted octanol–water partition coefficient (Wildman–Crippen LogP) is 0.664. The molecule has 0 aliphatic carbocycles. The molecular weight excluding hydrogens is 152 g/mol. The number of hydrogen-bond donors (Lipinski definition) is 2. The summed E-state index contributed by atoms with van der Waals surface area (Å²) in [4.78, 5) is 10.8. The molecule has 0 heterocycles. The summed E-state index contributed by atoms with van der Waals surface area (Å²) < 4.78 is 0. The lowest BCUT2D eigenvalue weighted by atomic mass is 9.93. The Labute approximate surface area is 74.0 Å². The molecule has 3 N–H and O–H groups in total. The first-order chi connectivity index (χ1) is 5.50. The SMILES string of the molecule is C/C=C/CNCC(C)(C)C(N)=O. The molecule has 0 radical (unpaired) electrons. The van der Waals surface area contributed by atoms with Gasteiger partial charge >= 0.3 is 0 Å². The van der Waals surface area contributed by atoms with E-state index in [4.69, 9.17) is 5.73 Å². The number of nitrogens with two attached hydrogens (primary N) is 1. The highest BCUT2D eigenvalue weighted by Crippen LogP contribution is 2.11. The molecule has 70 valence electrons. The van der Waals surface area contributed by atoms with Crippen LogP contribution >= 0.6 is 0 Å². The Bertz CT molecular complexity index is 173. The van der Waals surface area contributed by atoms with E-state index in [9.17, 15) is 4.79 Å². The first-order valence-electron chi connectivity index (χ1n) is 4.12. The lowest BCUT2D eigenvalue weighted by Crippen LogP contribution is -2.40. The number of carbonyl (C=O) groups excluding carboxylic acids is 1. The minimum absolute atomic E-state index is 0.268. The van der Waals surface area contributed by atoms with Crippen LogP contribution in [0.15, 0.2) is 12.2 Å². The van der Waals surface area contributed by atoms with Crippen LogP contribution in [-0.2, 0) is 4.79 Å². The van der Waals surface area contributed by atoms with Crippen molar-refractivity contribution in [2.24, 2.45) is 11.1 Å². The number of rotatable bonds is 5. The minimum Gasteiger partial charge on any atom is -0.369 e. The van der Waals surface area contributed by atoms with Gasteiger partial charge in [-0.3, -0.25) is 4.79 Å². The molecule has 0 rings (SSSR count). The molecule has 0 aliphatic heterocycles. The number of carbonyl (C=O) groups is 1. The molecule has 3 heteroatoms. The lowest BCUT2D eigenvalue weighted by molar-refractivity contribution is -0.125. The summed E-state index contributed by atoms with van der Waals surface area (Å²) in [6.45, 7) is 7.02. The Hall–Kier alpha value is -0.830. The van der Waals surface area contributed by atoms with Crippen molar-refractivity contribution >= 4 is 5.91 Å². The van der Waals surface area contributed by atoms with E-state index in [2.05, 4.69) is 5.32 Å². The summed E-state index contributed by atoms with van der Waals surface area (Å²) in [7, 11) is 0. The summed E-state index contributed by atoms with van der Waals surface area (Å²) in [6.07, 6.45) is 3.96. The van der Waals surface area contributed by atoms with Gasteiger partial charge in [0.25, 0.3) is 0 Å². The van der Waals surface area contributed by atoms with E-state index in [1.807, 2.05) is 32.9 Å². The van der Waals surface area contributed by atoms with Crippen molar-refractivity contribution in [3.63, 3.8) is 0 Å². The van der Waals surface area contributed by atoms with Crippen LogP contribution < -0.4 is 11.1 Å². The molecule has 0 aromatic carbocycles. The number of nitrogens with one attached hydrogen (secondary N) is 1. The van der Waals surface area contributed by atoms with Crippen molar-refractivity contribution in [3.05, 3.63) is 12.2 Å². The first-order valence-corrected chi connectivity index (χ1v) is 4.12. The minimum atomic E-state index is -0.457. The highest BCUT2D eigenvalue weighted by atomic mass is 16.1. The van der Waals surface area contributed by atoms with Gasteiger partial charge < -0.3 is 11.1 Å². The third-order valence-corrected chi connectivity index (χ3v) is 1.73. The van der Waals surface area contributed by atoms with Crippen molar-refractivity contribution in [2.75, 3.05) is 13.1 Å². The maximum absolute atomic E-state index is 10.8. The van der Waals surface area contributed by atoms with Gasteiger partial charge in [0.2, 0.25) is 5.91 Å². The van der Waals surface area contributed by atoms with Crippen molar-refractivity contribution in [1.82, 2.24) is 5.32 Å². The topological polar surface area (TPSA) is 55.1 Å². The van der Waals surface area contributed by atoms with Crippen molar-refractivity contribution in [3.8, 4) is 0 Å². The monoisotopic (exact) mass is 170 g/mol. The van der Waals surface area contributed by atoms with Gasteiger partial charge in [0, 0.05) is 13.1 Å². The summed E-state index contributed by atoms with van der Waals surface area (Å²) in [6, 6.07) is 0. The standard InChI is InChI=1S/C9H18N2O/c1-4-5-6-11-7-9(2,3)8(10)12/h4-5,11H,6-7H2,1-3H3,(H2,10,12)/b5-4+. The van der Waals surface area contributed by atoms with Crippen LogP contribution in [0.2, 0.25) is 0 Å². The average molecular weight is 170 g/mol. The molecule has 0 saturated heterocycles. The highest BCUT2D eigenvalue weighted by Gasteiger charge is 2.23. The Balaban J connectivity index is 3.69. The van der Waals surface area contributed by atoms with Crippen molar-refractivity contribution in [2.45, 2.75) is 20.8 Å². The third kappa shape index (κ3) is 4.13. The second-order valence-electron chi connectivity index (χ2n) is 3.45. The van der Waals surface area contributed by atoms with Gasteiger partial charge in [0.05, 0.1) is 5.41 Å². The van der Waals surface area contributed by atoms with E-state index >= 15 is 0 Å². The molecule has 0 aromatic heterocycles. The number of allylic oxidation sites excluding steroid dienone is 1. The average Bonchev–Trinajstić information content (AvgIpc) is 1.98. The van der Waals surface area contributed by atoms with Crippen LogP contribution in [0.5, 0.6) is 0 Å². The van der Waals surface area contributed by atoms with Gasteiger partial charge in [-0.25, -0.2) is 0 Å². The predicted molar refractivity (Wildman–Crippen MR) is 50.7 cm³/mol. The molecule has 0 spiro atoms. The van der Waals surface area contributed by atoms with Gasteiger partial charge in [0.1, 0.15) is 0 Å². The Morgan fingerprint density at radius 2 is 2.17 bits per heavy atom. The second kappa shape index (κ2) is 4.93. The van der Waals surface area contributed by atoms with Crippen molar-refractivity contribution < 1.29 is 4.79 Å². The van der Waals surface area contributed by atoms with Gasteiger partial charge in [-0.15, -0.1) is 0 Å². The quantitative estimate of drug-likeness (QED) is 0.470. The smallest absolute Gasteiger partial charge is 0.224 e. The molecule has 12 heavy (non-hydrogen) atoms. The molecule has 1 amide bonds. The van der Waals surface area contributed by atoms with Crippen LogP contribution in [0.1, 0.15) is 20.8 Å². The maximum Gasteiger partial charge on any atom is 0.224 e. The largest absolute Gasteiger partial charge is 0.369 e. The number of amides is 1. The van der Waals surface area contributed by atoms with Gasteiger partial charge in [-0.05, 0) is 20.8 Å². The van der Waals surface area contributed by atoms with E-state index in [1.54, 1.807) is 0 Å². The first kappa shape index (κ1) is 11.2. The van der Waals surface area contributed by atoms with Crippen LogP contribution in [0.4, 0.5) is 0 Å². The molecule has 0 fully saturated rings. The summed E-state index contributed by atoms with van der Waals surface area (Å²) >= 11 is 0. The third-order valence-electron chi connectivity index (χ3n) is 1.73. The summed E-state index contributed by atoms with van der Waals surface area (Å²) in [5.41, 5.74) is 4.73. The number of primary amides is 1. The van der Waals surface area contributed by atoms with E-state index in [-0.39, 0.29) is 5.91 Å². The lowest BCUT2D eigenvalue weighted by Gasteiger charge is -2.20. The van der Waals surface area contributed by atoms with Crippen LogP contribution in [0, 0.1) is 5.41 Å². The van der Waals surface area contributed by atoms with Crippen LogP contribution in [0.25, 0.3) is 0 Å². The van der Waals surface area contributed by atoms with E-state index in [0.29, 0.717) is 6.54 Å². The normalized spacial score (nSPS) is 12.2. The summed E-state index contributed by atoms with van der Waals surface area (Å²) in [5, 5.41) is 3.12. The van der Waals surface area contributed by atoms with E-state index in [0.717, 1.165) is 6.54 Å². The molecule has 0 aliphatic rings.